The van der Waals surface area contributed by atoms with Crippen LogP contribution in [0.1, 0.15) is 43.9 Å². The van der Waals surface area contributed by atoms with Gasteiger partial charge in [-0.15, -0.1) is 0 Å². The Bertz CT molecular complexity index is 849. The van der Waals surface area contributed by atoms with Crippen LogP contribution in [0.4, 0.5) is 10.6 Å². The van der Waals surface area contributed by atoms with Crippen molar-refractivity contribution in [1.29, 1.82) is 5.41 Å². The summed E-state index contributed by atoms with van der Waals surface area (Å²) in [6.45, 7) is 1.88. The third-order valence-corrected chi connectivity index (χ3v) is 5.19. The van der Waals surface area contributed by atoms with Crippen LogP contribution in [0.5, 0.6) is 0 Å². The Hall–Kier alpha value is -2.96. The lowest BCUT2D eigenvalue weighted by Gasteiger charge is -2.52. The van der Waals surface area contributed by atoms with Crippen molar-refractivity contribution in [2.45, 2.75) is 44.7 Å². The van der Waals surface area contributed by atoms with Crippen LogP contribution < -0.4 is 5.32 Å². The van der Waals surface area contributed by atoms with Crippen molar-refractivity contribution >= 4 is 23.9 Å². The highest BCUT2D eigenvalue weighted by Crippen LogP contribution is 2.38. The zero-order valence-corrected chi connectivity index (χ0v) is 14.7. The molecule has 26 heavy (non-hydrogen) atoms. The van der Waals surface area contributed by atoms with E-state index in [1.54, 1.807) is 24.7 Å². The number of piperidine rings is 1. The second kappa shape index (κ2) is 6.74. The fraction of sp³-hybridized carbons (Fsp3) is 0.368. The molecule has 3 N–H and O–H groups in total. The molecule has 2 amide bonds. The van der Waals surface area contributed by atoms with Gasteiger partial charge in [0.15, 0.2) is 5.84 Å². The Kier molecular flexibility index (Phi) is 4.28. The average Bonchev–Trinajstić information content (AvgIpc) is 3.15. The van der Waals surface area contributed by atoms with Crippen LogP contribution in [-0.4, -0.2) is 45.0 Å². The zero-order chi connectivity index (χ0) is 18.1. The molecule has 2 aromatic rings. The second-order valence-corrected chi connectivity index (χ2v) is 6.93. The summed E-state index contributed by atoms with van der Waals surface area (Å²) in [7, 11) is 0. The van der Waals surface area contributed by atoms with E-state index in [9.17, 15) is 4.79 Å². The lowest BCUT2D eigenvalue weighted by Crippen LogP contribution is -2.62. The maximum Gasteiger partial charge on any atom is 0.323 e. The number of nitrogens with zero attached hydrogens (tertiary/aromatic N) is 3. The molecule has 2 aliphatic rings. The number of aryl methyl sites for hydroxylation is 1. The molecule has 7 nitrogen and oxygen atoms in total. The van der Waals surface area contributed by atoms with Crippen LogP contribution >= 0.6 is 0 Å². The first-order valence-electron chi connectivity index (χ1n) is 8.94. The third-order valence-electron chi connectivity index (χ3n) is 5.19. The third kappa shape index (κ3) is 3.12. The average molecular weight is 352 g/mol. The number of rotatable bonds is 3. The van der Waals surface area contributed by atoms with E-state index in [0.717, 1.165) is 30.5 Å². The lowest BCUT2D eigenvalue weighted by molar-refractivity contribution is 0.0173. The summed E-state index contributed by atoms with van der Waals surface area (Å²) in [6, 6.07) is 6.14. The van der Waals surface area contributed by atoms with Gasteiger partial charge < -0.3 is 9.88 Å². The maximum absolute atomic E-state index is 12.5. The van der Waals surface area contributed by atoms with E-state index >= 15 is 0 Å². The van der Waals surface area contributed by atoms with E-state index in [1.165, 1.54) is 6.42 Å². The summed E-state index contributed by atoms with van der Waals surface area (Å²) in [5.41, 5.74) is 2.33. The highest BCUT2D eigenvalue weighted by atomic mass is 16.2. The smallest absolute Gasteiger partial charge is 0.323 e. The number of hydrogen-bond donors (Lipinski definition) is 3. The van der Waals surface area contributed by atoms with Gasteiger partial charge in [-0.05, 0) is 56.4 Å². The van der Waals surface area contributed by atoms with Crippen LogP contribution in [0.15, 0.2) is 35.6 Å². The molecule has 0 radical (unpaired) electrons. The minimum atomic E-state index is -0.0883. The molecular weight excluding hydrogens is 328 g/mol. The van der Waals surface area contributed by atoms with Crippen molar-refractivity contribution in [2.75, 3.05) is 5.32 Å². The number of aromatic nitrogens is 2. The van der Waals surface area contributed by atoms with Crippen molar-refractivity contribution in [3.63, 3.8) is 0 Å². The van der Waals surface area contributed by atoms with Crippen molar-refractivity contribution in [2.24, 2.45) is 4.99 Å². The number of carbonyl (C=O) groups is 1. The van der Waals surface area contributed by atoms with Gasteiger partial charge in [-0.25, -0.2) is 14.8 Å². The highest BCUT2D eigenvalue weighted by molar-refractivity contribution is 6.04. The van der Waals surface area contributed by atoms with Gasteiger partial charge in [0, 0.05) is 31.5 Å². The van der Waals surface area contributed by atoms with Crippen molar-refractivity contribution in [1.82, 2.24) is 14.9 Å². The quantitative estimate of drug-likeness (QED) is 0.581. The first-order chi connectivity index (χ1) is 12.6. The van der Waals surface area contributed by atoms with E-state index in [0.29, 0.717) is 23.5 Å². The molecule has 0 spiro atoms. The van der Waals surface area contributed by atoms with Crippen LogP contribution in [0.25, 0.3) is 0 Å². The second-order valence-electron chi connectivity index (χ2n) is 6.93. The first-order valence-corrected chi connectivity index (χ1v) is 8.94. The normalized spacial score (nSPS) is 21.5. The summed E-state index contributed by atoms with van der Waals surface area (Å²) in [6.07, 6.45) is 9.60. The monoisotopic (exact) mass is 352 g/mol. The Morgan fingerprint density at radius 2 is 2.31 bits per heavy atom. The molecule has 7 heteroatoms. The summed E-state index contributed by atoms with van der Waals surface area (Å²) in [5, 5.41) is 11.1. The van der Waals surface area contributed by atoms with Crippen molar-refractivity contribution in [3.05, 3.63) is 47.4 Å². The van der Waals surface area contributed by atoms with Gasteiger partial charge in [0.1, 0.15) is 5.82 Å². The van der Waals surface area contributed by atoms with E-state index in [-0.39, 0.29) is 13.3 Å². The number of pyridine rings is 1. The van der Waals surface area contributed by atoms with Crippen LogP contribution in [0.3, 0.4) is 0 Å². The molecule has 2 aliphatic heterocycles. The number of carbonyl (C=O) groups excluding carboxylic acids is 1. The Morgan fingerprint density at radius 1 is 1.50 bits per heavy atom. The zero-order valence-electron chi connectivity index (χ0n) is 14.7. The van der Waals surface area contributed by atoms with Crippen LogP contribution in [-0.2, 0) is 0 Å². The van der Waals surface area contributed by atoms with Gasteiger partial charge >= 0.3 is 6.03 Å². The molecule has 0 aliphatic carbocycles. The van der Waals surface area contributed by atoms with Crippen LogP contribution in [0.2, 0.25) is 0 Å². The number of anilines is 1. The molecule has 136 valence electrons. The molecule has 0 saturated carbocycles. The number of aliphatic imine (C=N–C) groups is 1. The van der Waals surface area contributed by atoms with Gasteiger partial charge in [0.05, 0.1) is 11.9 Å². The Balaban J connectivity index is 0.00000210. The molecule has 0 aromatic carbocycles. The molecule has 2 fully saturated rings. The molecule has 2 aromatic heterocycles. The summed E-state index contributed by atoms with van der Waals surface area (Å²) < 4.78 is 0. The molecule has 2 saturated heterocycles. The number of amides is 2. The van der Waals surface area contributed by atoms with Crippen LogP contribution in [0, 0.1) is 12.3 Å². The number of fused-ring (bicyclic) bond motifs is 2. The molecule has 4 heterocycles. The fourth-order valence-corrected chi connectivity index (χ4v) is 3.79. The van der Waals surface area contributed by atoms with Gasteiger partial charge in [0.2, 0.25) is 0 Å². The SMILES string of the molecule is Cc1cnc(NC(=O)N2C3CCCC2C3)cc1C(=N)N=Cc1ccc[nH]1.[HH]. The molecule has 2 bridgehead atoms. The number of hydrogen-bond acceptors (Lipinski definition) is 3. The molecular formula is C19H24N6O. The molecule has 2 atom stereocenters. The molecule has 4 rings (SSSR count). The Morgan fingerprint density at radius 3 is 3.00 bits per heavy atom. The van der Waals surface area contributed by atoms with Crippen molar-refractivity contribution in [3.8, 4) is 0 Å². The minimum absolute atomic E-state index is 0. The number of amidine groups is 1. The number of H-pyrrole nitrogens is 1. The van der Waals surface area contributed by atoms with Gasteiger partial charge in [-0.3, -0.25) is 10.7 Å². The predicted octanol–water partition coefficient (Wildman–Crippen LogP) is 3.57. The van der Waals surface area contributed by atoms with Crippen molar-refractivity contribution < 1.29 is 6.22 Å². The topological polar surface area (TPSA) is 97.2 Å². The van der Waals surface area contributed by atoms with E-state index < -0.39 is 0 Å². The summed E-state index contributed by atoms with van der Waals surface area (Å²) in [4.78, 5) is 26.0. The highest BCUT2D eigenvalue weighted by Gasteiger charge is 2.44. The minimum Gasteiger partial charge on any atom is -0.360 e. The number of urea groups is 1. The van der Waals surface area contributed by atoms with E-state index in [2.05, 4.69) is 20.3 Å². The number of aromatic amines is 1. The maximum atomic E-state index is 12.5. The lowest BCUT2D eigenvalue weighted by atomic mass is 9.80. The first kappa shape index (κ1) is 16.5. The number of nitrogens with one attached hydrogen (secondary N) is 3. The largest absolute Gasteiger partial charge is 0.360 e. The standard InChI is InChI=1S/C19H22N6O.H2/c1-12-10-22-17(24-19(26)25-14-5-2-6-15(25)8-14)9-16(12)18(20)23-11-13-4-3-7-21-13;/h3-4,7,9-11,14-15,20-21H,2,5-6,8H2,1H3,(H,22,24,26);1H. The van der Waals surface area contributed by atoms with Gasteiger partial charge in [-0.2, -0.15) is 0 Å². The van der Waals surface area contributed by atoms with Gasteiger partial charge in [0.25, 0.3) is 0 Å². The van der Waals surface area contributed by atoms with E-state index in [4.69, 9.17) is 5.41 Å². The van der Waals surface area contributed by atoms with Gasteiger partial charge in [-0.1, -0.05) is 0 Å². The summed E-state index contributed by atoms with van der Waals surface area (Å²) >= 11 is 0. The molecule has 2 unspecified atom stereocenters. The fourth-order valence-electron chi connectivity index (χ4n) is 3.79. The summed E-state index contributed by atoms with van der Waals surface area (Å²) in [5.74, 6) is 0.594. The predicted molar refractivity (Wildman–Crippen MR) is 103 cm³/mol. The Labute approximate surface area is 153 Å². The van der Waals surface area contributed by atoms with E-state index in [1.807, 2.05) is 24.0 Å².